The van der Waals surface area contributed by atoms with Gasteiger partial charge in [-0.15, -0.1) is 0 Å². The Balaban J connectivity index is 1.57. The van der Waals surface area contributed by atoms with Crippen LogP contribution < -0.4 is 5.32 Å². The average Bonchev–Trinajstić information content (AvgIpc) is 3.07. The van der Waals surface area contributed by atoms with Gasteiger partial charge >= 0.3 is 0 Å². The molecule has 2 amide bonds. The third-order valence-corrected chi connectivity index (χ3v) is 5.19. The molecule has 1 aromatic carbocycles. The molecule has 0 aliphatic carbocycles. The number of piperidine rings is 1. The second kappa shape index (κ2) is 9.04. The van der Waals surface area contributed by atoms with Crippen LogP contribution in [0, 0.1) is 6.92 Å². The molecule has 0 spiro atoms. The minimum absolute atomic E-state index is 0.0177. The molecule has 2 aromatic rings. The van der Waals surface area contributed by atoms with Crippen LogP contribution in [0.25, 0.3) is 11.5 Å². The van der Waals surface area contributed by atoms with Crippen molar-refractivity contribution in [2.75, 3.05) is 19.6 Å². The smallest absolute Gasteiger partial charge is 0.241 e. The van der Waals surface area contributed by atoms with E-state index in [1.165, 1.54) is 12.0 Å². The van der Waals surface area contributed by atoms with Gasteiger partial charge in [-0.1, -0.05) is 26.0 Å². The maximum absolute atomic E-state index is 12.3. The third-order valence-electron chi connectivity index (χ3n) is 5.19. The minimum Gasteiger partial charge on any atom is -0.441 e. The summed E-state index contributed by atoms with van der Waals surface area (Å²) in [6.45, 7) is 7.72. The molecule has 6 heteroatoms. The summed E-state index contributed by atoms with van der Waals surface area (Å²) in [5, 5.41) is 2.71. The van der Waals surface area contributed by atoms with Crippen LogP contribution in [-0.2, 0) is 16.0 Å². The molecule has 0 saturated carbocycles. The van der Waals surface area contributed by atoms with Crippen LogP contribution >= 0.6 is 0 Å². The molecule has 1 saturated heterocycles. The fraction of sp³-hybridized carbons (Fsp3) is 0.500. The minimum atomic E-state index is -0.219. The summed E-state index contributed by atoms with van der Waals surface area (Å²) in [6.07, 6.45) is 3.36. The number of amides is 2. The zero-order valence-corrected chi connectivity index (χ0v) is 17.0. The first-order valence-corrected chi connectivity index (χ1v) is 10.0. The second-order valence-electron chi connectivity index (χ2n) is 7.69. The van der Waals surface area contributed by atoms with E-state index >= 15 is 0 Å². The predicted octanol–water partition coefficient (Wildman–Crippen LogP) is 3.44. The Labute approximate surface area is 166 Å². The van der Waals surface area contributed by atoms with Crippen LogP contribution in [0.5, 0.6) is 0 Å². The molecule has 6 nitrogen and oxygen atoms in total. The predicted molar refractivity (Wildman–Crippen MR) is 108 cm³/mol. The van der Waals surface area contributed by atoms with Gasteiger partial charge in [-0.25, -0.2) is 4.98 Å². The number of aromatic nitrogens is 1. The highest BCUT2D eigenvalue weighted by molar-refractivity contribution is 5.85. The topological polar surface area (TPSA) is 75.4 Å². The zero-order chi connectivity index (χ0) is 20.1. The van der Waals surface area contributed by atoms with Crippen LogP contribution in [0.15, 0.2) is 28.7 Å². The summed E-state index contributed by atoms with van der Waals surface area (Å²) in [4.78, 5) is 30.7. The molecule has 0 unspecified atom stereocenters. The number of rotatable bonds is 6. The zero-order valence-electron chi connectivity index (χ0n) is 17.0. The van der Waals surface area contributed by atoms with Gasteiger partial charge in [-0.2, -0.15) is 0 Å². The maximum Gasteiger partial charge on any atom is 0.241 e. The van der Waals surface area contributed by atoms with Crippen LogP contribution in [0.2, 0.25) is 0 Å². The first-order chi connectivity index (χ1) is 13.4. The maximum atomic E-state index is 12.3. The fourth-order valence-electron chi connectivity index (χ4n) is 3.37. The molecule has 28 heavy (non-hydrogen) atoms. The number of aryl methyl sites for hydroxylation is 1. The Morgan fingerprint density at radius 3 is 2.46 bits per heavy atom. The molecule has 1 aliphatic heterocycles. The van der Waals surface area contributed by atoms with Gasteiger partial charge in [-0.05, 0) is 49.8 Å². The summed E-state index contributed by atoms with van der Waals surface area (Å²) in [7, 11) is 0. The summed E-state index contributed by atoms with van der Waals surface area (Å²) in [6, 6.07) is 8.11. The summed E-state index contributed by atoms with van der Waals surface area (Å²) in [5.74, 6) is 1.37. The van der Waals surface area contributed by atoms with Crippen molar-refractivity contribution in [3.8, 4) is 11.5 Å². The molecular formula is C22H29N3O3. The molecule has 1 aromatic heterocycles. The highest BCUT2D eigenvalue weighted by Crippen LogP contribution is 2.24. The van der Waals surface area contributed by atoms with E-state index in [0.29, 0.717) is 23.3 Å². The number of hydrogen-bond donors (Lipinski definition) is 1. The number of benzene rings is 1. The van der Waals surface area contributed by atoms with E-state index in [-0.39, 0.29) is 24.8 Å². The van der Waals surface area contributed by atoms with E-state index in [4.69, 9.17) is 4.42 Å². The van der Waals surface area contributed by atoms with Crippen molar-refractivity contribution in [2.45, 2.75) is 52.4 Å². The number of nitrogens with one attached hydrogen (secondary N) is 1. The lowest BCUT2D eigenvalue weighted by molar-refractivity contribution is -0.133. The van der Waals surface area contributed by atoms with Gasteiger partial charge in [0.25, 0.3) is 0 Å². The lowest BCUT2D eigenvalue weighted by atomic mass is 10.0. The fourth-order valence-corrected chi connectivity index (χ4v) is 3.37. The van der Waals surface area contributed by atoms with Crippen molar-refractivity contribution in [1.82, 2.24) is 15.2 Å². The summed E-state index contributed by atoms with van der Waals surface area (Å²) >= 11 is 0. The highest BCUT2D eigenvalue weighted by Gasteiger charge is 2.19. The van der Waals surface area contributed by atoms with Gasteiger partial charge in [0.2, 0.25) is 17.7 Å². The van der Waals surface area contributed by atoms with Gasteiger partial charge in [0, 0.05) is 18.7 Å². The Bertz CT molecular complexity index is 818. The average molecular weight is 383 g/mol. The number of carbonyl (C=O) groups excluding carboxylic acids is 2. The monoisotopic (exact) mass is 383 g/mol. The van der Waals surface area contributed by atoms with E-state index in [9.17, 15) is 9.59 Å². The molecule has 1 fully saturated rings. The van der Waals surface area contributed by atoms with Crippen molar-refractivity contribution in [3.05, 3.63) is 41.3 Å². The Hall–Kier alpha value is -2.63. The van der Waals surface area contributed by atoms with Gasteiger partial charge in [0.05, 0.1) is 18.7 Å². The summed E-state index contributed by atoms with van der Waals surface area (Å²) < 4.78 is 5.76. The van der Waals surface area contributed by atoms with Crippen LogP contribution in [0.3, 0.4) is 0 Å². The highest BCUT2D eigenvalue weighted by atomic mass is 16.4. The Kier molecular flexibility index (Phi) is 6.49. The van der Waals surface area contributed by atoms with Crippen molar-refractivity contribution in [1.29, 1.82) is 0 Å². The van der Waals surface area contributed by atoms with Gasteiger partial charge in [-0.3, -0.25) is 9.59 Å². The molecule has 1 aliphatic rings. The first-order valence-electron chi connectivity index (χ1n) is 10.0. The lowest BCUT2D eigenvalue weighted by Gasteiger charge is -2.26. The van der Waals surface area contributed by atoms with E-state index in [2.05, 4.69) is 36.3 Å². The molecule has 3 rings (SSSR count). The quantitative estimate of drug-likeness (QED) is 0.829. The number of oxazole rings is 1. The largest absolute Gasteiger partial charge is 0.441 e. The number of hydrogen-bond acceptors (Lipinski definition) is 4. The van der Waals surface area contributed by atoms with E-state index in [0.717, 1.165) is 31.5 Å². The van der Waals surface area contributed by atoms with E-state index in [1.54, 1.807) is 6.92 Å². The molecule has 2 heterocycles. The summed E-state index contributed by atoms with van der Waals surface area (Å²) in [5.41, 5.74) is 2.75. The third kappa shape index (κ3) is 5.00. The molecule has 0 radical (unpaired) electrons. The SMILES string of the molecule is Cc1oc(-c2ccc(C(C)C)cc2)nc1CC(=O)NCC(=O)N1CCCCC1. The van der Waals surface area contributed by atoms with Gasteiger partial charge in [0.1, 0.15) is 5.76 Å². The van der Waals surface area contributed by atoms with Gasteiger partial charge < -0.3 is 14.6 Å². The van der Waals surface area contributed by atoms with Gasteiger partial charge in [0.15, 0.2) is 0 Å². The molecule has 0 atom stereocenters. The number of carbonyl (C=O) groups is 2. The molecular weight excluding hydrogens is 354 g/mol. The molecule has 0 bridgehead atoms. The van der Waals surface area contributed by atoms with Crippen LogP contribution in [-0.4, -0.2) is 41.3 Å². The lowest BCUT2D eigenvalue weighted by Crippen LogP contribution is -2.42. The second-order valence-corrected chi connectivity index (χ2v) is 7.69. The van der Waals surface area contributed by atoms with Crippen LogP contribution in [0.1, 0.15) is 56.0 Å². The Morgan fingerprint density at radius 2 is 1.82 bits per heavy atom. The standard InChI is InChI=1S/C22H29N3O3/c1-15(2)17-7-9-18(10-8-17)22-24-19(16(3)28-22)13-20(26)23-14-21(27)25-11-5-4-6-12-25/h7-10,15H,4-6,11-14H2,1-3H3,(H,23,26). The van der Waals surface area contributed by atoms with E-state index < -0.39 is 0 Å². The van der Waals surface area contributed by atoms with Crippen molar-refractivity contribution >= 4 is 11.8 Å². The van der Waals surface area contributed by atoms with Crippen molar-refractivity contribution in [2.24, 2.45) is 0 Å². The van der Waals surface area contributed by atoms with E-state index in [1.807, 2.05) is 17.0 Å². The van der Waals surface area contributed by atoms with Crippen LogP contribution in [0.4, 0.5) is 0 Å². The van der Waals surface area contributed by atoms with Crippen molar-refractivity contribution < 1.29 is 14.0 Å². The molecule has 1 N–H and O–H groups in total. The first kappa shape index (κ1) is 20.1. The normalized spacial score (nSPS) is 14.4. The molecule has 150 valence electrons. The van der Waals surface area contributed by atoms with Crippen molar-refractivity contribution in [3.63, 3.8) is 0 Å². The Morgan fingerprint density at radius 1 is 1.14 bits per heavy atom. The number of likely N-dealkylation sites (tertiary alicyclic amines) is 1. The number of nitrogens with zero attached hydrogens (tertiary/aromatic N) is 2.